The van der Waals surface area contributed by atoms with Crippen LogP contribution in [0.3, 0.4) is 0 Å². The second-order valence-electron chi connectivity index (χ2n) is 6.59. The highest BCUT2D eigenvalue weighted by Gasteiger charge is 2.25. The lowest BCUT2D eigenvalue weighted by atomic mass is 9.87. The number of amides is 1. The second kappa shape index (κ2) is 8.17. The van der Waals surface area contributed by atoms with Crippen LogP contribution in [0.25, 0.3) is 0 Å². The molecule has 3 rings (SSSR count). The number of hydrogen-bond donors (Lipinski definition) is 0. The number of ether oxygens (including phenoxy) is 1. The molecular formula is C21H26N2O2. The van der Waals surface area contributed by atoms with Gasteiger partial charge in [-0.1, -0.05) is 48.5 Å². The predicted octanol–water partition coefficient (Wildman–Crippen LogP) is 2.99. The SMILES string of the molecule is COc1ccccc1[C@H](CC(=O)N1CCN(C)CC1)c1ccccc1. The Bertz CT molecular complexity index is 694. The Hall–Kier alpha value is -2.33. The summed E-state index contributed by atoms with van der Waals surface area (Å²) in [6.45, 7) is 3.50. The molecule has 0 aromatic heterocycles. The fraction of sp³-hybridized carbons (Fsp3) is 0.381. The molecule has 0 bridgehead atoms. The van der Waals surface area contributed by atoms with E-state index in [0.29, 0.717) is 6.42 Å². The van der Waals surface area contributed by atoms with Crippen LogP contribution in [-0.2, 0) is 4.79 Å². The smallest absolute Gasteiger partial charge is 0.223 e. The highest BCUT2D eigenvalue weighted by Crippen LogP contribution is 2.34. The normalized spacial score (nSPS) is 16.5. The molecule has 0 saturated carbocycles. The van der Waals surface area contributed by atoms with E-state index in [1.165, 1.54) is 0 Å². The van der Waals surface area contributed by atoms with Gasteiger partial charge >= 0.3 is 0 Å². The van der Waals surface area contributed by atoms with Crippen LogP contribution in [0, 0.1) is 0 Å². The number of piperazine rings is 1. The Morgan fingerprint density at radius 2 is 1.64 bits per heavy atom. The van der Waals surface area contributed by atoms with Crippen molar-refractivity contribution in [3.8, 4) is 5.75 Å². The van der Waals surface area contributed by atoms with E-state index < -0.39 is 0 Å². The third kappa shape index (κ3) is 4.20. The maximum Gasteiger partial charge on any atom is 0.223 e. The lowest BCUT2D eigenvalue weighted by molar-refractivity contribution is -0.133. The molecule has 0 radical (unpaired) electrons. The highest BCUT2D eigenvalue weighted by atomic mass is 16.5. The molecule has 2 aromatic carbocycles. The van der Waals surface area contributed by atoms with Gasteiger partial charge in [-0.25, -0.2) is 0 Å². The van der Waals surface area contributed by atoms with Crippen molar-refractivity contribution >= 4 is 5.91 Å². The number of nitrogens with zero attached hydrogens (tertiary/aromatic N) is 2. The summed E-state index contributed by atoms with van der Waals surface area (Å²) in [5.74, 6) is 1.06. The van der Waals surface area contributed by atoms with Crippen LogP contribution < -0.4 is 4.74 Å². The summed E-state index contributed by atoms with van der Waals surface area (Å²) in [4.78, 5) is 17.2. The summed E-state index contributed by atoms with van der Waals surface area (Å²) in [6.07, 6.45) is 0.466. The van der Waals surface area contributed by atoms with Gasteiger partial charge < -0.3 is 14.5 Å². The Balaban J connectivity index is 1.86. The number of carbonyl (C=O) groups excluding carboxylic acids is 1. The van der Waals surface area contributed by atoms with Crippen molar-refractivity contribution in [2.45, 2.75) is 12.3 Å². The third-order valence-electron chi connectivity index (χ3n) is 4.95. The summed E-state index contributed by atoms with van der Waals surface area (Å²) < 4.78 is 5.56. The Labute approximate surface area is 150 Å². The molecule has 1 saturated heterocycles. The lowest BCUT2D eigenvalue weighted by Gasteiger charge is -2.33. The molecule has 2 aromatic rings. The molecule has 25 heavy (non-hydrogen) atoms. The summed E-state index contributed by atoms with van der Waals surface area (Å²) in [6, 6.07) is 18.2. The van der Waals surface area contributed by atoms with E-state index in [-0.39, 0.29) is 11.8 Å². The van der Waals surface area contributed by atoms with Crippen LogP contribution in [0.15, 0.2) is 54.6 Å². The van der Waals surface area contributed by atoms with Crippen molar-refractivity contribution in [1.29, 1.82) is 0 Å². The van der Waals surface area contributed by atoms with Crippen LogP contribution >= 0.6 is 0 Å². The van der Waals surface area contributed by atoms with Gasteiger partial charge in [0, 0.05) is 44.1 Å². The van der Waals surface area contributed by atoms with Gasteiger partial charge in [0.05, 0.1) is 7.11 Å². The minimum Gasteiger partial charge on any atom is -0.496 e. The Kier molecular flexibility index (Phi) is 5.71. The molecular weight excluding hydrogens is 312 g/mol. The number of carbonyl (C=O) groups is 1. The van der Waals surface area contributed by atoms with Gasteiger partial charge in [-0.3, -0.25) is 4.79 Å². The van der Waals surface area contributed by atoms with E-state index in [0.717, 1.165) is 43.1 Å². The predicted molar refractivity (Wildman–Crippen MR) is 100.0 cm³/mol. The molecule has 0 aliphatic carbocycles. The fourth-order valence-electron chi connectivity index (χ4n) is 3.41. The number of methoxy groups -OCH3 is 1. The quantitative estimate of drug-likeness (QED) is 0.840. The van der Waals surface area contributed by atoms with Gasteiger partial charge in [-0.05, 0) is 18.7 Å². The van der Waals surface area contributed by atoms with Crippen LogP contribution in [0.5, 0.6) is 5.75 Å². The summed E-state index contributed by atoms with van der Waals surface area (Å²) in [5.41, 5.74) is 2.22. The topological polar surface area (TPSA) is 32.8 Å². The minimum absolute atomic E-state index is 0.00417. The van der Waals surface area contributed by atoms with Crippen molar-refractivity contribution in [2.24, 2.45) is 0 Å². The molecule has 1 aliphatic heterocycles. The monoisotopic (exact) mass is 338 g/mol. The molecule has 4 nitrogen and oxygen atoms in total. The van der Waals surface area contributed by atoms with E-state index >= 15 is 0 Å². The van der Waals surface area contributed by atoms with Crippen LogP contribution in [0.1, 0.15) is 23.5 Å². The van der Waals surface area contributed by atoms with Gasteiger partial charge in [0.2, 0.25) is 5.91 Å². The molecule has 1 amide bonds. The second-order valence-corrected chi connectivity index (χ2v) is 6.59. The average molecular weight is 338 g/mol. The molecule has 0 spiro atoms. The molecule has 132 valence electrons. The largest absolute Gasteiger partial charge is 0.496 e. The maximum absolute atomic E-state index is 12.9. The van der Waals surface area contributed by atoms with E-state index in [9.17, 15) is 4.79 Å². The number of hydrogen-bond acceptors (Lipinski definition) is 3. The van der Waals surface area contributed by atoms with Crippen molar-refractivity contribution in [2.75, 3.05) is 40.3 Å². The van der Waals surface area contributed by atoms with Crippen LogP contribution in [-0.4, -0.2) is 56.0 Å². The van der Waals surface area contributed by atoms with Crippen molar-refractivity contribution < 1.29 is 9.53 Å². The first-order chi connectivity index (χ1) is 12.2. The zero-order valence-electron chi connectivity index (χ0n) is 15.0. The van der Waals surface area contributed by atoms with Gasteiger partial charge in [0.25, 0.3) is 0 Å². The third-order valence-corrected chi connectivity index (χ3v) is 4.95. The molecule has 1 aliphatic rings. The molecule has 1 fully saturated rings. The summed E-state index contributed by atoms with van der Waals surface area (Å²) in [5, 5.41) is 0. The Morgan fingerprint density at radius 1 is 1.00 bits per heavy atom. The number of rotatable bonds is 5. The zero-order chi connectivity index (χ0) is 17.6. The van der Waals surface area contributed by atoms with Crippen molar-refractivity contribution in [1.82, 2.24) is 9.80 Å². The lowest BCUT2D eigenvalue weighted by Crippen LogP contribution is -2.47. The van der Waals surface area contributed by atoms with Crippen molar-refractivity contribution in [3.05, 3.63) is 65.7 Å². The summed E-state index contributed by atoms with van der Waals surface area (Å²) in [7, 11) is 3.78. The van der Waals surface area contributed by atoms with Gasteiger partial charge in [-0.2, -0.15) is 0 Å². The first-order valence-corrected chi connectivity index (χ1v) is 8.83. The number of benzene rings is 2. The molecule has 4 heteroatoms. The molecule has 1 heterocycles. The fourth-order valence-corrected chi connectivity index (χ4v) is 3.41. The molecule has 0 unspecified atom stereocenters. The summed E-state index contributed by atoms with van der Waals surface area (Å²) >= 11 is 0. The first-order valence-electron chi connectivity index (χ1n) is 8.83. The minimum atomic E-state index is 0.00417. The number of para-hydroxylation sites is 1. The highest BCUT2D eigenvalue weighted by molar-refractivity contribution is 5.78. The van der Waals surface area contributed by atoms with E-state index in [4.69, 9.17) is 4.74 Å². The molecule has 0 N–H and O–H groups in total. The number of likely N-dealkylation sites (N-methyl/N-ethyl adjacent to an activating group) is 1. The van der Waals surface area contributed by atoms with E-state index in [2.05, 4.69) is 30.1 Å². The van der Waals surface area contributed by atoms with Gasteiger partial charge in [0.1, 0.15) is 5.75 Å². The van der Waals surface area contributed by atoms with Crippen molar-refractivity contribution in [3.63, 3.8) is 0 Å². The van der Waals surface area contributed by atoms with Crippen LogP contribution in [0.2, 0.25) is 0 Å². The van der Waals surface area contributed by atoms with E-state index in [1.54, 1.807) is 7.11 Å². The maximum atomic E-state index is 12.9. The van der Waals surface area contributed by atoms with Gasteiger partial charge in [0.15, 0.2) is 0 Å². The van der Waals surface area contributed by atoms with Crippen LogP contribution in [0.4, 0.5) is 0 Å². The Morgan fingerprint density at radius 3 is 2.32 bits per heavy atom. The van der Waals surface area contributed by atoms with Gasteiger partial charge in [-0.15, -0.1) is 0 Å². The zero-order valence-corrected chi connectivity index (χ0v) is 15.0. The molecule has 1 atom stereocenters. The average Bonchev–Trinajstić information content (AvgIpc) is 2.67. The first kappa shape index (κ1) is 17.5. The standard InChI is InChI=1S/C21H26N2O2/c1-22-12-14-23(15-13-22)21(24)16-19(17-8-4-3-5-9-17)18-10-6-7-11-20(18)25-2/h3-11,19H,12-16H2,1-2H3/t19-/m1/s1. The van der Waals surface area contributed by atoms with E-state index in [1.807, 2.05) is 41.3 Å².